The lowest BCUT2D eigenvalue weighted by atomic mass is 10.1. The molecule has 0 radical (unpaired) electrons. The van der Waals surface area contributed by atoms with Crippen molar-refractivity contribution in [2.75, 3.05) is 0 Å². The van der Waals surface area contributed by atoms with E-state index < -0.39 is 17.2 Å². The molecule has 0 saturated heterocycles. The topological polar surface area (TPSA) is 113 Å². The van der Waals surface area contributed by atoms with Gasteiger partial charge in [-0.1, -0.05) is 11.6 Å². The highest BCUT2D eigenvalue weighted by molar-refractivity contribution is 6.31. The van der Waals surface area contributed by atoms with Crippen molar-refractivity contribution in [1.82, 2.24) is 15.8 Å². The van der Waals surface area contributed by atoms with Crippen LogP contribution in [0.15, 0.2) is 45.7 Å². The fourth-order valence-electron chi connectivity index (χ4n) is 2.43. The van der Waals surface area contributed by atoms with E-state index in [2.05, 4.69) is 15.8 Å². The number of aromatic amines is 1. The average Bonchev–Trinajstić information content (AvgIpc) is 3.14. The molecule has 0 saturated carbocycles. The summed E-state index contributed by atoms with van der Waals surface area (Å²) >= 11 is 5.91. The van der Waals surface area contributed by atoms with Crippen LogP contribution in [-0.4, -0.2) is 22.9 Å². The number of carbonyl (C=O) groups excluding carboxylic acids is 2. The summed E-state index contributed by atoms with van der Waals surface area (Å²) < 4.78 is 10.7. The number of pyridine rings is 1. The molecule has 9 heteroatoms. The van der Waals surface area contributed by atoms with Crippen LogP contribution in [0, 0.1) is 0 Å². The summed E-state index contributed by atoms with van der Waals surface area (Å²) in [5, 5.41) is 0.645. The van der Waals surface area contributed by atoms with Gasteiger partial charge in [0.2, 0.25) is 5.43 Å². The average molecular weight is 404 g/mol. The molecule has 3 N–H and O–H groups in total. The summed E-state index contributed by atoms with van der Waals surface area (Å²) in [7, 11) is 0. The van der Waals surface area contributed by atoms with Gasteiger partial charge in [-0.05, 0) is 44.2 Å². The molecule has 2 amide bonds. The van der Waals surface area contributed by atoms with Gasteiger partial charge in [-0.15, -0.1) is 0 Å². The standard InChI is InChI=1S/C19H18ClN3O5/c1-10(2)27-9-12-4-6-16(28-12)19(26)23-22-18(25)14-8-21-15-5-3-11(20)7-13(15)17(14)24/h3-8,10H,9H2,1-2H3,(H,21,24)(H,22,25)(H,23,26). The Labute approximate surface area is 164 Å². The van der Waals surface area contributed by atoms with Crippen LogP contribution in [-0.2, 0) is 11.3 Å². The van der Waals surface area contributed by atoms with Gasteiger partial charge < -0.3 is 14.1 Å². The van der Waals surface area contributed by atoms with E-state index in [0.717, 1.165) is 0 Å². The Morgan fingerprint density at radius 2 is 1.93 bits per heavy atom. The van der Waals surface area contributed by atoms with Gasteiger partial charge in [-0.25, -0.2) is 0 Å². The van der Waals surface area contributed by atoms with Gasteiger partial charge in [-0.3, -0.25) is 25.2 Å². The van der Waals surface area contributed by atoms with Crippen molar-refractivity contribution < 1.29 is 18.7 Å². The summed E-state index contributed by atoms with van der Waals surface area (Å²) in [4.78, 5) is 39.7. The Bertz CT molecular complexity index is 1090. The minimum Gasteiger partial charge on any atom is -0.453 e. The number of amides is 2. The van der Waals surface area contributed by atoms with Crippen LogP contribution >= 0.6 is 11.6 Å². The van der Waals surface area contributed by atoms with Crippen molar-refractivity contribution >= 4 is 34.3 Å². The molecular formula is C19H18ClN3O5. The summed E-state index contributed by atoms with van der Waals surface area (Å²) in [5.74, 6) is -0.953. The van der Waals surface area contributed by atoms with Crippen molar-refractivity contribution in [3.05, 3.63) is 68.9 Å². The van der Waals surface area contributed by atoms with Crippen LogP contribution in [0.2, 0.25) is 5.02 Å². The molecule has 146 valence electrons. The number of furan rings is 1. The molecule has 0 unspecified atom stereocenters. The number of carbonyl (C=O) groups is 2. The third-order valence-corrected chi connectivity index (χ3v) is 4.06. The highest BCUT2D eigenvalue weighted by atomic mass is 35.5. The molecule has 0 aliphatic carbocycles. The summed E-state index contributed by atoms with van der Waals surface area (Å²) in [6, 6.07) is 7.81. The fourth-order valence-corrected chi connectivity index (χ4v) is 2.60. The molecular weight excluding hydrogens is 386 g/mol. The second kappa shape index (κ2) is 8.28. The van der Waals surface area contributed by atoms with Crippen molar-refractivity contribution in [3.8, 4) is 0 Å². The predicted molar refractivity (Wildman–Crippen MR) is 103 cm³/mol. The minimum absolute atomic E-state index is 0.00172. The third-order valence-electron chi connectivity index (χ3n) is 3.82. The summed E-state index contributed by atoms with van der Waals surface area (Å²) in [6.07, 6.45) is 1.30. The first-order chi connectivity index (χ1) is 13.3. The Hall–Kier alpha value is -3.10. The number of nitrogens with one attached hydrogen (secondary N) is 3. The molecule has 0 atom stereocenters. The number of rotatable bonds is 5. The number of hydrogen-bond donors (Lipinski definition) is 3. The van der Waals surface area contributed by atoms with E-state index in [4.69, 9.17) is 20.8 Å². The van der Waals surface area contributed by atoms with Gasteiger partial charge in [0.25, 0.3) is 5.91 Å². The second-order valence-corrected chi connectivity index (χ2v) is 6.69. The van der Waals surface area contributed by atoms with Gasteiger partial charge in [0.1, 0.15) is 17.9 Å². The lowest BCUT2D eigenvalue weighted by molar-refractivity contribution is 0.0534. The molecule has 0 spiro atoms. The maximum absolute atomic E-state index is 12.5. The van der Waals surface area contributed by atoms with E-state index >= 15 is 0 Å². The molecule has 0 fully saturated rings. The number of ether oxygens (including phenoxy) is 1. The monoisotopic (exact) mass is 403 g/mol. The van der Waals surface area contributed by atoms with Crippen molar-refractivity contribution in [1.29, 1.82) is 0 Å². The highest BCUT2D eigenvalue weighted by Gasteiger charge is 2.16. The highest BCUT2D eigenvalue weighted by Crippen LogP contribution is 2.15. The largest absolute Gasteiger partial charge is 0.453 e. The van der Waals surface area contributed by atoms with Crippen LogP contribution < -0.4 is 16.3 Å². The molecule has 28 heavy (non-hydrogen) atoms. The van der Waals surface area contributed by atoms with E-state index in [1.54, 1.807) is 18.2 Å². The maximum Gasteiger partial charge on any atom is 0.305 e. The zero-order valence-electron chi connectivity index (χ0n) is 15.2. The van der Waals surface area contributed by atoms with E-state index in [9.17, 15) is 14.4 Å². The van der Waals surface area contributed by atoms with E-state index in [1.165, 1.54) is 18.3 Å². The van der Waals surface area contributed by atoms with Crippen molar-refractivity contribution in [2.24, 2.45) is 0 Å². The summed E-state index contributed by atoms with van der Waals surface area (Å²) in [5.41, 5.74) is 4.28. The first-order valence-corrected chi connectivity index (χ1v) is 8.85. The van der Waals surface area contributed by atoms with Crippen LogP contribution in [0.4, 0.5) is 0 Å². The summed E-state index contributed by atoms with van der Waals surface area (Å²) in [6.45, 7) is 4.00. The predicted octanol–water partition coefficient (Wildman–Crippen LogP) is 2.77. The van der Waals surface area contributed by atoms with E-state index in [0.29, 0.717) is 16.3 Å². The molecule has 3 rings (SSSR count). The van der Waals surface area contributed by atoms with E-state index in [1.807, 2.05) is 13.8 Å². The van der Waals surface area contributed by atoms with E-state index in [-0.39, 0.29) is 29.4 Å². The lowest BCUT2D eigenvalue weighted by Gasteiger charge is -2.07. The smallest absolute Gasteiger partial charge is 0.305 e. The number of benzene rings is 1. The Morgan fingerprint density at radius 3 is 2.68 bits per heavy atom. The fraction of sp³-hybridized carbons (Fsp3) is 0.211. The van der Waals surface area contributed by atoms with Crippen LogP contribution in [0.5, 0.6) is 0 Å². The Kier molecular flexibility index (Phi) is 5.81. The van der Waals surface area contributed by atoms with Crippen LogP contribution in [0.25, 0.3) is 10.9 Å². The number of H-pyrrole nitrogens is 1. The molecule has 8 nitrogen and oxygen atoms in total. The second-order valence-electron chi connectivity index (χ2n) is 6.26. The van der Waals surface area contributed by atoms with Gasteiger partial charge in [-0.2, -0.15) is 0 Å². The van der Waals surface area contributed by atoms with Gasteiger partial charge in [0.05, 0.1) is 6.10 Å². The molecule has 1 aromatic carbocycles. The number of fused-ring (bicyclic) bond motifs is 1. The van der Waals surface area contributed by atoms with Crippen molar-refractivity contribution in [2.45, 2.75) is 26.6 Å². The van der Waals surface area contributed by atoms with Crippen LogP contribution in [0.1, 0.15) is 40.5 Å². The number of aromatic nitrogens is 1. The van der Waals surface area contributed by atoms with Crippen LogP contribution in [0.3, 0.4) is 0 Å². The zero-order valence-corrected chi connectivity index (χ0v) is 15.9. The van der Waals surface area contributed by atoms with Gasteiger partial charge in [0.15, 0.2) is 5.76 Å². The number of hydrogen-bond acceptors (Lipinski definition) is 5. The Morgan fingerprint density at radius 1 is 1.18 bits per heavy atom. The van der Waals surface area contributed by atoms with Gasteiger partial charge >= 0.3 is 5.91 Å². The Balaban J connectivity index is 1.67. The lowest BCUT2D eigenvalue weighted by Crippen LogP contribution is -2.43. The molecule has 2 heterocycles. The molecule has 3 aromatic rings. The SMILES string of the molecule is CC(C)OCc1ccc(C(=O)NNC(=O)c2c[nH]c3ccc(Cl)cc3c2=O)o1. The zero-order chi connectivity index (χ0) is 20.3. The third kappa shape index (κ3) is 4.41. The maximum atomic E-state index is 12.5. The first-order valence-electron chi connectivity index (χ1n) is 8.47. The normalized spacial score (nSPS) is 11.0. The quantitative estimate of drug-likeness (QED) is 0.567. The van der Waals surface area contributed by atoms with Gasteiger partial charge in [0, 0.05) is 22.1 Å². The molecule has 0 aliphatic rings. The first kappa shape index (κ1) is 19.7. The minimum atomic E-state index is -0.772. The number of hydrazine groups is 1. The molecule has 2 aromatic heterocycles. The van der Waals surface area contributed by atoms with Crippen molar-refractivity contribution in [3.63, 3.8) is 0 Å². The molecule has 0 bridgehead atoms. The number of halogens is 1. The molecule has 0 aliphatic heterocycles.